The minimum Gasteiger partial charge on any atom is -0.381 e. The van der Waals surface area contributed by atoms with Gasteiger partial charge in [-0.05, 0) is 91.6 Å². The quantitative estimate of drug-likeness (QED) is 0.173. The van der Waals surface area contributed by atoms with Crippen LogP contribution in [0.25, 0.3) is 10.4 Å². The summed E-state index contributed by atoms with van der Waals surface area (Å²) in [6.07, 6.45) is 3.25. The molecular formula is C39H31F4N5O4S. The van der Waals surface area contributed by atoms with Crippen molar-refractivity contribution in [2.24, 2.45) is 5.41 Å². The van der Waals surface area contributed by atoms with Crippen LogP contribution in [-0.4, -0.2) is 55.6 Å². The predicted octanol–water partition coefficient (Wildman–Crippen LogP) is 7.69. The van der Waals surface area contributed by atoms with Gasteiger partial charge in [-0.25, -0.2) is 22.5 Å². The number of ether oxygens (including phenoxy) is 1. The van der Waals surface area contributed by atoms with Crippen LogP contribution in [0.4, 0.5) is 40.4 Å². The number of amides is 3. The molecule has 14 heteroatoms. The Kier molecular flexibility index (Phi) is 8.95. The van der Waals surface area contributed by atoms with E-state index in [1.54, 1.807) is 18.2 Å². The molecule has 0 saturated carbocycles. The van der Waals surface area contributed by atoms with E-state index in [4.69, 9.17) is 4.74 Å². The molecule has 0 bridgehead atoms. The van der Waals surface area contributed by atoms with E-state index in [-0.39, 0.29) is 28.0 Å². The number of fused-ring (bicyclic) bond motifs is 3. The standard InChI is InChI=1S/C39H31F4N5O4S/c40-24-6-9-27-31(18-24)48(13-10-23-16-32(53-34(23)27)37(50)46-33-29(42)2-1-3-30(33)43)38(51)22-4-7-26(8-5-22)45-36(49)28-17-25(41)19-44-35(28)47-20-39(21-47)11-14-52-15-12-39/h1-9,16-19H,10-15,20-21H2,(H,45,49)(H,46,50). The van der Waals surface area contributed by atoms with Gasteiger partial charge in [-0.15, -0.1) is 11.3 Å². The van der Waals surface area contributed by atoms with E-state index in [0.29, 0.717) is 65.9 Å². The Balaban J connectivity index is 0.991. The summed E-state index contributed by atoms with van der Waals surface area (Å²) < 4.78 is 62.9. The Morgan fingerprint density at radius 3 is 2.30 bits per heavy atom. The van der Waals surface area contributed by atoms with Crippen molar-refractivity contribution >= 4 is 51.9 Å². The fourth-order valence-corrected chi connectivity index (χ4v) is 8.31. The maximum Gasteiger partial charge on any atom is 0.265 e. The molecule has 2 fully saturated rings. The molecule has 0 unspecified atom stereocenters. The summed E-state index contributed by atoms with van der Waals surface area (Å²) in [6.45, 7) is 2.93. The first-order valence-corrected chi connectivity index (χ1v) is 17.8. The van der Waals surface area contributed by atoms with Crippen LogP contribution in [0, 0.1) is 28.7 Å². The van der Waals surface area contributed by atoms with Gasteiger partial charge in [-0.1, -0.05) is 6.07 Å². The third kappa shape index (κ3) is 6.64. The zero-order valence-corrected chi connectivity index (χ0v) is 28.9. The predicted molar refractivity (Wildman–Crippen MR) is 193 cm³/mol. The monoisotopic (exact) mass is 741 g/mol. The number of rotatable bonds is 6. The number of carbonyl (C=O) groups excluding carboxylic acids is 3. The molecule has 0 radical (unpaired) electrons. The smallest absolute Gasteiger partial charge is 0.265 e. The molecule has 2 saturated heterocycles. The Labute approximate surface area is 305 Å². The third-order valence-corrected chi connectivity index (χ3v) is 11.2. The first-order chi connectivity index (χ1) is 25.6. The number of halogens is 4. The summed E-state index contributed by atoms with van der Waals surface area (Å²) >= 11 is 1.07. The van der Waals surface area contributed by atoms with Gasteiger partial charge in [0.1, 0.15) is 34.8 Å². The van der Waals surface area contributed by atoms with E-state index in [9.17, 15) is 31.9 Å². The van der Waals surface area contributed by atoms with Crippen molar-refractivity contribution in [3.05, 3.63) is 124 Å². The molecule has 53 heavy (non-hydrogen) atoms. The lowest BCUT2D eigenvalue weighted by Crippen LogP contribution is -2.59. The summed E-state index contributed by atoms with van der Waals surface area (Å²) in [5.41, 5.74) is 1.81. The molecule has 270 valence electrons. The molecule has 2 N–H and O–H groups in total. The zero-order valence-electron chi connectivity index (χ0n) is 28.1. The second-order valence-corrected chi connectivity index (χ2v) is 14.5. The highest BCUT2D eigenvalue weighted by Gasteiger charge is 2.45. The largest absolute Gasteiger partial charge is 0.381 e. The van der Waals surface area contributed by atoms with Crippen molar-refractivity contribution in [3.8, 4) is 10.4 Å². The Morgan fingerprint density at radius 1 is 0.830 bits per heavy atom. The first kappa shape index (κ1) is 34.5. The second kappa shape index (κ2) is 13.7. The first-order valence-electron chi connectivity index (χ1n) is 17.0. The fourth-order valence-electron chi connectivity index (χ4n) is 7.17. The van der Waals surface area contributed by atoms with Crippen LogP contribution in [0.3, 0.4) is 0 Å². The number of aromatic nitrogens is 1. The lowest BCUT2D eigenvalue weighted by molar-refractivity contribution is -0.000516. The maximum atomic E-state index is 14.7. The van der Waals surface area contributed by atoms with E-state index in [1.165, 1.54) is 41.3 Å². The number of thiophene rings is 1. The zero-order chi connectivity index (χ0) is 36.9. The van der Waals surface area contributed by atoms with Crippen LogP contribution in [0.5, 0.6) is 0 Å². The minimum atomic E-state index is -0.911. The highest BCUT2D eigenvalue weighted by Crippen LogP contribution is 2.44. The molecule has 5 aromatic rings. The summed E-state index contributed by atoms with van der Waals surface area (Å²) in [7, 11) is 0. The van der Waals surface area contributed by atoms with Crippen molar-refractivity contribution in [1.29, 1.82) is 0 Å². The molecule has 1 spiro atoms. The number of pyridine rings is 1. The number of para-hydroxylation sites is 1. The average Bonchev–Trinajstić information content (AvgIpc) is 3.51. The molecular weight excluding hydrogens is 711 g/mol. The van der Waals surface area contributed by atoms with Gasteiger partial charge in [0.15, 0.2) is 0 Å². The lowest BCUT2D eigenvalue weighted by Gasteiger charge is -2.53. The van der Waals surface area contributed by atoms with E-state index in [1.807, 2.05) is 4.90 Å². The lowest BCUT2D eigenvalue weighted by atomic mass is 9.73. The number of hydrogen-bond donors (Lipinski definition) is 2. The van der Waals surface area contributed by atoms with Gasteiger partial charge in [0.05, 0.1) is 22.3 Å². The van der Waals surface area contributed by atoms with Crippen LogP contribution in [0.2, 0.25) is 0 Å². The van der Waals surface area contributed by atoms with Gasteiger partial charge >= 0.3 is 0 Å². The van der Waals surface area contributed by atoms with Crippen molar-refractivity contribution in [1.82, 2.24) is 4.98 Å². The fraction of sp³-hybridized carbons (Fsp3) is 0.231. The van der Waals surface area contributed by atoms with Crippen LogP contribution >= 0.6 is 11.3 Å². The highest BCUT2D eigenvalue weighted by atomic mass is 32.1. The molecule has 9 nitrogen and oxygen atoms in total. The molecule has 0 aliphatic carbocycles. The SMILES string of the molecule is O=C(Nc1c(F)cccc1F)c1cc2c(s1)-c1ccc(F)cc1N(C(=O)c1ccc(NC(=O)c3cc(F)cnc3N3CC4(CCOCC4)C3)cc1)CC2. The van der Waals surface area contributed by atoms with Crippen LogP contribution in [0.1, 0.15) is 48.8 Å². The van der Waals surface area contributed by atoms with E-state index >= 15 is 0 Å². The van der Waals surface area contributed by atoms with Gasteiger partial charge in [-0.2, -0.15) is 0 Å². The van der Waals surface area contributed by atoms with Crippen LogP contribution in [0.15, 0.2) is 79.0 Å². The average molecular weight is 742 g/mol. The summed E-state index contributed by atoms with van der Waals surface area (Å²) in [6, 6.07) is 16.3. The van der Waals surface area contributed by atoms with E-state index < -0.39 is 46.7 Å². The highest BCUT2D eigenvalue weighted by molar-refractivity contribution is 7.17. The second-order valence-electron chi connectivity index (χ2n) is 13.4. The Morgan fingerprint density at radius 2 is 1.57 bits per heavy atom. The topological polar surface area (TPSA) is 104 Å². The number of nitrogens with zero attached hydrogens (tertiary/aromatic N) is 3. The Bertz CT molecular complexity index is 2250. The maximum absolute atomic E-state index is 14.7. The molecule has 3 aliphatic rings. The van der Waals surface area contributed by atoms with Gasteiger partial charge in [0, 0.05) is 60.0 Å². The van der Waals surface area contributed by atoms with Gasteiger partial charge < -0.3 is 25.2 Å². The summed E-state index contributed by atoms with van der Waals surface area (Å²) in [5.74, 6) is -4.30. The van der Waals surface area contributed by atoms with Gasteiger partial charge in [-0.3, -0.25) is 14.4 Å². The molecule has 8 rings (SSSR count). The molecule has 0 atom stereocenters. The summed E-state index contributed by atoms with van der Waals surface area (Å²) in [5, 5.41) is 5.08. The molecule has 2 aromatic heterocycles. The number of benzene rings is 3. The number of hydrogen-bond acceptors (Lipinski definition) is 7. The van der Waals surface area contributed by atoms with Gasteiger partial charge in [0.25, 0.3) is 17.7 Å². The minimum absolute atomic E-state index is 0.0998. The molecule has 5 heterocycles. The molecule has 3 aromatic carbocycles. The third-order valence-electron chi connectivity index (χ3n) is 9.95. The van der Waals surface area contributed by atoms with Gasteiger partial charge in [0.2, 0.25) is 0 Å². The van der Waals surface area contributed by atoms with Crippen LogP contribution < -0.4 is 20.4 Å². The number of nitrogens with one attached hydrogen (secondary N) is 2. The van der Waals surface area contributed by atoms with Crippen molar-refractivity contribution in [2.45, 2.75) is 19.3 Å². The summed E-state index contributed by atoms with van der Waals surface area (Å²) in [4.78, 5) is 48.9. The normalized spacial score (nSPS) is 15.9. The van der Waals surface area contributed by atoms with E-state index in [0.717, 1.165) is 48.6 Å². The van der Waals surface area contributed by atoms with Crippen molar-refractivity contribution in [2.75, 3.05) is 53.3 Å². The van der Waals surface area contributed by atoms with Crippen molar-refractivity contribution in [3.63, 3.8) is 0 Å². The van der Waals surface area contributed by atoms with Crippen molar-refractivity contribution < 1.29 is 36.7 Å². The van der Waals surface area contributed by atoms with E-state index in [2.05, 4.69) is 15.6 Å². The Hall–Kier alpha value is -5.60. The molecule has 3 aliphatic heterocycles. The molecule has 3 amide bonds. The number of anilines is 4. The number of carbonyl (C=O) groups is 3. The van der Waals surface area contributed by atoms with Crippen LogP contribution in [-0.2, 0) is 11.2 Å².